The fourth-order valence-corrected chi connectivity index (χ4v) is 1.98. The Hall–Kier alpha value is -1.96. The monoisotopic (exact) mass is 216 g/mol. The molecule has 5 nitrogen and oxygen atoms in total. The van der Waals surface area contributed by atoms with Crippen molar-refractivity contribution in [1.82, 2.24) is 9.97 Å². The number of hydrogen-bond acceptors (Lipinski definition) is 5. The molecule has 0 aliphatic carbocycles. The summed E-state index contributed by atoms with van der Waals surface area (Å²) in [5.41, 5.74) is 0.288. The Morgan fingerprint density at radius 3 is 3.00 bits per heavy atom. The van der Waals surface area contributed by atoms with Crippen molar-refractivity contribution in [3.63, 3.8) is 0 Å². The van der Waals surface area contributed by atoms with Gasteiger partial charge in [-0.05, 0) is 19.3 Å². The van der Waals surface area contributed by atoms with Gasteiger partial charge in [-0.2, -0.15) is 5.26 Å². The molecule has 1 fully saturated rings. The van der Waals surface area contributed by atoms with E-state index in [1.165, 1.54) is 6.20 Å². The van der Waals surface area contributed by atoms with Crippen LogP contribution in [0, 0.1) is 11.3 Å². The zero-order valence-corrected chi connectivity index (χ0v) is 8.83. The number of nitrogens with zero attached hydrogens (tertiary/aromatic N) is 4. The van der Waals surface area contributed by atoms with E-state index < -0.39 is 0 Å². The van der Waals surface area contributed by atoms with E-state index in [4.69, 9.17) is 5.26 Å². The molecule has 0 radical (unpaired) electrons. The van der Waals surface area contributed by atoms with Gasteiger partial charge in [0.1, 0.15) is 12.4 Å². The van der Waals surface area contributed by atoms with Crippen molar-refractivity contribution in [2.45, 2.75) is 25.3 Å². The predicted octanol–water partition coefficient (Wildman–Crippen LogP) is 0.906. The van der Waals surface area contributed by atoms with Crippen molar-refractivity contribution in [2.75, 3.05) is 11.4 Å². The number of carbonyl (C=O) groups excluding carboxylic acids is 1. The summed E-state index contributed by atoms with van der Waals surface area (Å²) in [5.74, 6) is 0.529. The van der Waals surface area contributed by atoms with Gasteiger partial charge < -0.3 is 9.69 Å². The molecule has 2 heterocycles. The van der Waals surface area contributed by atoms with Crippen LogP contribution in [0.2, 0.25) is 0 Å². The summed E-state index contributed by atoms with van der Waals surface area (Å²) in [5, 5.41) is 8.94. The molecule has 1 unspecified atom stereocenters. The molecule has 0 saturated carbocycles. The molecule has 0 aromatic carbocycles. The molecular weight excluding hydrogens is 204 g/mol. The molecule has 0 amide bonds. The fraction of sp³-hybridized carbons (Fsp3) is 0.455. The highest BCUT2D eigenvalue weighted by molar-refractivity contribution is 5.66. The molecule has 1 aliphatic heterocycles. The maximum atomic E-state index is 11.0. The summed E-state index contributed by atoms with van der Waals surface area (Å²) < 4.78 is 0. The molecule has 0 bridgehead atoms. The molecular formula is C11H12N4O. The normalized spacial score (nSPS) is 20.2. The molecule has 1 atom stereocenters. The van der Waals surface area contributed by atoms with Crippen molar-refractivity contribution in [1.29, 1.82) is 5.26 Å². The summed E-state index contributed by atoms with van der Waals surface area (Å²) in [6.07, 6.45) is 6.85. The van der Waals surface area contributed by atoms with Gasteiger partial charge in [0.25, 0.3) is 0 Å². The maximum Gasteiger partial charge on any atom is 0.183 e. The van der Waals surface area contributed by atoms with Gasteiger partial charge in [0.2, 0.25) is 0 Å². The molecule has 2 rings (SSSR count). The van der Waals surface area contributed by atoms with Gasteiger partial charge in [0, 0.05) is 18.9 Å². The highest BCUT2D eigenvalue weighted by atomic mass is 16.1. The first-order valence-electron chi connectivity index (χ1n) is 5.30. The SMILES string of the molecule is N#Cc1nccnc1N1CCCCC1C=O. The van der Waals surface area contributed by atoms with Crippen LogP contribution in [0.15, 0.2) is 12.4 Å². The topological polar surface area (TPSA) is 69.9 Å². The van der Waals surface area contributed by atoms with Gasteiger partial charge in [-0.3, -0.25) is 0 Å². The summed E-state index contributed by atoms with van der Waals surface area (Å²) >= 11 is 0. The average Bonchev–Trinajstić information content (AvgIpc) is 2.38. The lowest BCUT2D eigenvalue weighted by Crippen LogP contribution is -2.41. The van der Waals surface area contributed by atoms with Gasteiger partial charge in [-0.25, -0.2) is 9.97 Å². The summed E-state index contributed by atoms with van der Waals surface area (Å²) in [7, 11) is 0. The van der Waals surface area contributed by atoms with Crippen molar-refractivity contribution in [2.24, 2.45) is 0 Å². The van der Waals surface area contributed by atoms with Crippen LogP contribution in [-0.4, -0.2) is 28.8 Å². The quantitative estimate of drug-likeness (QED) is 0.687. The number of aldehydes is 1. The van der Waals surface area contributed by atoms with Gasteiger partial charge in [0.15, 0.2) is 11.5 Å². The van der Waals surface area contributed by atoms with Crippen LogP contribution in [0.3, 0.4) is 0 Å². The third-order valence-electron chi connectivity index (χ3n) is 2.76. The number of rotatable bonds is 2. The van der Waals surface area contributed by atoms with Crippen molar-refractivity contribution in [3.8, 4) is 6.07 Å². The van der Waals surface area contributed by atoms with E-state index in [1.54, 1.807) is 6.20 Å². The first kappa shape index (κ1) is 10.6. The lowest BCUT2D eigenvalue weighted by Gasteiger charge is -2.33. The Bertz CT molecular complexity index is 426. The molecule has 1 aliphatic rings. The Morgan fingerprint density at radius 1 is 1.44 bits per heavy atom. The van der Waals surface area contributed by atoms with Gasteiger partial charge in [-0.1, -0.05) is 0 Å². The minimum Gasteiger partial charge on any atom is -0.344 e. The number of hydrogen-bond donors (Lipinski definition) is 0. The predicted molar refractivity (Wildman–Crippen MR) is 57.8 cm³/mol. The molecule has 82 valence electrons. The Balaban J connectivity index is 2.34. The molecule has 1 saturated heterocycles. The summed E-state index contributed by atoms with van der Waals surface area (Å²) in [6.45, 7) is 0.761. The molecule has 1 aromatic heterocycles. The van der Waals surface area contributed by atoms with Gasteiger partial charge in [0.05, 0.1) is 6.04 Å². The van der Waals surface area contributed by atoms with Crippen LogP contribution in [0.4, 0.5) is 5.82 Å². The zero-order chi connectivity index (χ0) is 11.4. The second kappa shape index (κ2) is 4.71. The van der Waals surface area contributed by atoms with Crippen molar-refractivity contribution in [3.05, 3.63) is 18.1 Å². The highest BCUT2D eigenvalue weighted by Crippen LogP contribution is 2.23. The molecule has 0 spiro atoms. The largest absolute Gasteiger partial charge is 0.344 e. The lowest BCUT2D eigenvalue weighted by atomic mass is 10.0. The van der Waals surface area contributed by atoms with Crippen LogP contribution < -0.4 is 4.90 Å². The second-order valence-electron chi connectivity index (χ2n) is 3.73. The standard InChI is InChI=1S/C11H12N4O/c12-7-10-11(14-5-4-13-10)15-6-2-1-3-9(15)8-16/h4-5,8-9H,1-3,6H2. The van der Waals surface area contributed by atoms with E-state index in [0.717, 1.165) is 32.1 Å². The first-order valence-corrected chi connectivity index (χ1v) is 5.30. The lowest BCUT2D eigenvalue weighted by molar-refractivity contribution is -0.109. The first-order chi connectivity index (χ1) is 7.86. The number of anilines is 1. The molecule has 1 aromatic rings. The van der Waals surface area contributed by atoms with Crippen molar-refractivity contribution >= 4 is 12.1 Å². The molecule has 16 heavy (non-hydrogen) atoms. The van der Waals surface area contributed by atoms with Crippen molar-refractivity contribution < 1.29 is 4.79 Å². The highest BCUT2D eigenvalue weighted by Gasteiger charge is 2.25. The van der Waals surface area contributed by atoms with Crippen LogP contribution in [0.5, 0.6) is 0 Å². The third kappa shape index (κ3) is 1.87. The fourth-order valence-electron chi connectivity index (χ4n) is 1.98. The van der Waals surface area contributed by atoms with E-state index in [-0.39, 0.29) is 11.7 Å². The zero-order valence-electron chi connectivity index (χ0n) is 8.83. The third-order valence-corrected chi connectivity index (χ3v) is 2.76. The van der Waals surface area contributed by atoms with E-state index in [0.29, 0.717) is 5.82 Å². The van der Waals surface area contributed by atoms with E-state index in [9.17, 15) is 4.79 Å². The number of nitriles is 1. The maximum absolute atomic E-state index is 11.0. The van der Waals surface area contributed by atoms with Gasteiger partial charge >= 0.3 is 0 Å². The molecule has 5 heteroatoms. The van der Waals surface area contributed by atoms with Crippen LogP contribution >= 0.6 is 0 Å². The van der Waals surface area contributed by atoms with Crippen LogP contribution in [-0.2, 0) is 4.79 Å². The Kier molecular flexibility index (Phi) is 3.10. The number of piperidine rings is 1. The minimum atomic E-state index is -0.169. The van der Waals surface area contributed by atoms with Gasteiger partial charge in [-0.15, -0.1) is 0 Å². The smallest absolute Gasteiger partial charge is 0.183 e. The second-order valence-corrected chi connectivity index (χ2v) is 3.73. The summed E-state index contributed by atoms with van der Waals surface area (Å²) in [4.78, 5) is 21.0. The van der Waals surface area contributed by atoms with E-state index >= 15 is 0 Å². The minimum absolute atomic E-state index is 0.169. The van der Waals surface area contributed by atoms with E-state index in [1.807, 2.05) is 11.0 Å². The number of aromatic nitrogens is 2. The van der Waals surface area contributed by atoms with Crippen LogP contribution in [0.25, 0.3) is 0 Å². The number of carbonyl (C=O) groups is 1. The Morgan fingerprint density at radius 2 is 2.25 bits per heavy atom. The van der Waals surface area contributed by atoms with E-state index in [2.05, 4.69) is 9.97 Å². The molecule has 0 N–H and O–H groups in total. The summed E-state index contributed by atoms with van der Waals surface area (Å²) in [6, 6.07) is 1.84. The van der Waals surface area contributed by atoms with Crippen LogP contribution in [0.1, 0.15) is 25.0 Å². The average molecular weight is 216 g/mol. The Labute approximate surface area is 93.7 Å².